The van der Waals surface area contributed by atoms with Crippen molar-refractivity contribution in [1.82, 2.24) is 0 Å². The molecule has 0 aromatic carbocycles. The van der Waals surface area contributed by atoms with Crippen LogP contribution in [0, 0.1) is 0 Å². The van der Waals surface area contributed by atoms with Gasteiger partial charge < -0.3 is 0 Å². The van der Waals surface area contributed by atoms with Crippen molar-refractivity contribution in [2.24, 2.45) is 0 Å². The number of ether oxygens (including phenoxy) is 1. The van der Waals surface area contributed by atoms with E-state index in [1.165, 1.54) is 4.74 Å². The van der Waals surface area contributed by atoms with Crippen molar-refractivity contribution in [3.63, 3.8) is 0 Å². The lowest BCUT2D eigenvalue weighted by molar-refractivity contribution is -0.485. The van der Waals surface area contributed by atoms with Gasteiger partial charge in [-0.05, 0) is 11.6 Å². The van der Waals surface area contributed by atoms with Crippen LogP contribution in [0.1, 0.15) is 0 Å². The van der Waals surface area contributed by atoms with Crippen LogP contribution < -0.4 is 0 Å². The van der Waals surface area contributed by atoms with Crippen molar-refractivity contribution in [2.45, 2.75) is 52.5 Å². The van der Waals surface area contributed by atoms with E-state index in [-0.39, 0.29) is 0 Å². The van der Waals surface area contributed by atoms with E-state index in [0.717, 1.165) is 0 Å². The number of hydrogen-bond acceptors (Lipinski definition) is 3. The van der Waals surface area contributed by atoms with E-state index in [2.05, 4.69) is 11.6 Å². The Hall–Kier alpha value is -1.10. The van der Waals surface area contributed by atoms with Crippen LogP contribution in [0.3, 0.4) is 0 Å². The van der Waals surface area contributed by atoms with Crippen molar-refractivity contribution in [3.05, 3.63) is 0 Å². The van der Waals surface area contributed by atoms with Crippen molar-refractivity contribution >= 4 is 21.7 Å². The van der Waals surface area contributed by atoms with E-state index in [1.54, 1.807) is 0 Å². The van der Waals surface area contributed by atoms with Gasteiger partial charge in [0.2, 0.25) is 0 Å². The molecule has 0 bridgehead atoms. The zero-order valence-electron chi connectivity index (χ0n) is 13.8. The molecule has 24 heteroatoms. The van der Waals surface area contributed by atoms with Crippen molar-refractivity contribution in [1.29, 1.82) is 0 Å². The van der Waals surface area contributed by atoms with Gasteiger partial charge in [-0.25, -0.2) is 4.74 Å². The summed E-state index contributed by atoms with van der Waals surface area (Å²) < 4.78 is 262. The molecule has 0 fully saturated rings. The fraction of sp³-hybridized carbons (Fsp3) is 1.00. The molecule has 1 N–H and O–H groups in total. The Morgan fingerprint density at radius 2 is 0.758 bits per heavy atom. The molecule has 0 unspecified atom stereocenters. The van der Waals surface area contributed by atoms with E-state index in [1.807, 2.05) is 0 Å². The minimum atomic E-state index is -8.96. The Morgan fingerprint density at radius 3 is 1.00 bits per heavy atom. The molecule has 0 aliphatic heterocycles. The van der Waals surface area contributed by atoms with Crippen LogP contribution in [-0.4, -0.2) is 65.4 Å². The summed E-state index contributed by atoms with van der Waals surface area (Å²) in [6, 6.07) is 0. The van der Waals surface area contributed by atoms with Crippen LogP contribution in [-0.2, 0) is 14.9 Å². The second kappa shape index (κ2) is 7.70. The molecule has 0 saturated heterocycles. The van der Waals surface area contributed by atoms with E-state index >= 15 is 0 Å². The lowest BCUT2D eigenvalue weighted by Crippen LogP contribution is -2.74. The minimum absolute atomic E-state index is 1.27. The highest BCUT2D eigenvalue weighted by atomic mass is 35.5. The Bertz CT molecular complexity index is 845. The first-order chi connectivity index (χ1) is 13.7. The average Bonchev–Trinajstić information content (AvgIpc) is 2.50. The maximum absolute atomic E-state index is 13.3. The smallest absolute Gasteiger partial charge is 0.279 e. The summed E-state index contributed by atoms with van der Waals surface area (Å²) in [6.45, 7) is 0. The third-order valence-electron chi connectivity index (χ3n) is 3.24. The number of hydrogen-bond donors (Lipinski definition) is 1. The predicted molar refractivity (Wildman–Crippen MR) is 63.0 cm³/mol. The zero-order valence-corrected chi connectivity index (χ0v) is 15.3. The van der Waals surface area contributed by atoms with Gasteiger partial charge in [-0.3, -0.25) is 4.55 Å². The molecule has 200 valence electrons. The molecular weight excluding hydrogens is 582 g/mol. The lowest BCUT2D eigenvalue weighted by Gasteiger charge is -2.42. The molecule has 0 heterocycles. The van der Waals surface area contributed by atoms with Gasteiger partial charge in [-0.2, -0.15) is 87.4 Å². The molecular formula is C9HClF18O4S. The monoisotopic (exact) mass is 582 g/mol. The third kappa shape index (κ3) is 4.36. The molecule has 0 aliphatic rings. The molecule has 0 radical (unpaired) electrons. The Labute approximate surface area is 172 Å². The van der Waals surface area contributed by atoms with Gasteiger partial charge in [0.1, 0.15) is 0 Å². The summed E-state index contributed by atoms with van der Waals surface area (Å²) in [5, 5.41) is -7.00. The maximum Gasteiger partial charge on any atom is 0.492 e. The zero-order chi connectivity index (χ0) is 27.7. The highest BCUT2D eigenvalue weighted by molar-refractivity contribution is 7.86. The van der Waals surface area contributed by atoms with Gasteiger partial charge in [0.25, 0.3) is 0 Å². The van der Waals surface area contributed by atoms with Crippen molar-refractivity contribution < 1.29 is 96.7 Å². The van der Waals surface area contributed by atoms with Gasteiger partial charge >= 0.3 is 62.6 Å². The second-order valence-electron chi connectivity index (χ2n) is 5.50. The highest BCUT2D eigenvalue weighted by Gasteiger charge is 2.95. The summed E-state index contributed by atoms with van der Waals surface area (Å²) >= 11 is 3.28. The second-order valence-corrected chi connectivity index (χ2v) is 7.40. The third-order valence-corrected chi connectivity index (χ3v) is 4.16. The first-order valence-corrected chi connectivity index (χ1v) is 8.29. The van der Waals surface area contributed by atoms with Crippen molar-refractivity contribution in [3.8, 4) is 0 Å². The van der Waals surface area contributed by atoms with Crippen LogP contribution in [0.4, 0.5) is 79.0 Å². The van der Waals surface area contributed by atoms with Crippen molar-refractivity contribution in [2.75, 3.05) is 0 Å². The molecule has 0 aromatic heterocycles. The number of halogens is 19. The van der Waals surface area contributed by atoms with E-state index in [4.69, 9.17) is 4.55 Å². The Balaban J connectivity index is 6.83. The summed E-state index contributed by atoms with van der Waals surface area (Å²) in [5.74, 6) is -51.9. The summed E-state index contributed by atoms with van der Waals surface area (Å²) in [5.41, 5.74) is -7.09. The first kappa shape index (κ1) is 31.9. The largest absolute Gasteiger partial charge is 0.492 e. The molecule has 0 amide bonds. The topological polar surface area (TPSA) is 63.6 Å². The summed E-state index contributed by atoms with van der Waals surface area (Å²) in [7, 11) is -7.43. The lowest BCUT2D eigenvalue weighted by atomic mass is 9.91. The van der Waals surface area contributed by atoms with Crippen LogP contribution >= 0.6 is 11.6 Å². The first-order valence-electron chi connectivity index (χ1n) is 6.47. The molecule has 4 nitrogen and oxygen atoms in total. The molecule has 0 atom stereocenters. The molecule has 0 aromatic rings. The number of alkyl halides is 19. The van der Waals surface area contributed by atoms with Crippen LogP contribution in [0.25, 0.3) is 0 Å². The van der Waals surface area contributed by atoms with E-state index < -0.39 is 62.6 Å². The van der Waals surface area contributed by atoms with Crippen LogP contribution in [0.15, 0.2) is 0 Å². The maximum atomic E-state index is 13.3. The van der Waals surface area contributed by atoms with Gasteiger partial charge in [-0.15, -0.1) is 0 Å². The quantitative estimate of drug-likeness (QED) is 0.205. The normalized spacial score (nSPS) is 16.8. The summed E-state index contributed by atoms with van der Waals surface area (Å²) in [6.07, 6.45) is -8.11. The number of rotatable bonds is 10. The Morgan fingerprint density at radius 1 is 0.515 bits per heavy atom. The predicted octanol–water partition coefficient (Wildman–Crippen LogP) is 5.68. The van der Waals surface area contributed by atoms with Crippen LogP contribution in [0.2, 0.25) is 0 Å². The van der Waals surface area contributed by atoms with E-state index in [9.17, 15) is 87.4 Å². The van der Waals surface area contributed by atoms with Gasteiger partial charge in [0.15, 0.2) is 0 Å². The Kier molecular flexibility index (Phi) is 7.44. The van der Waals surface area contributed by atoms with E-state index in [0.29, 0.717) is 0 Å². The SMILES string of the molecule is O=S(=O)(O)C(F)(F)OC(F)(F)C(F)(F)C(F)(F)C(F)(F)C(F)(F)C(F)(F)C(F)(F)C(F)(F)Cl. The molecule has 0 spiro atoms. The van der Waals surface area contributed by atoms with Gasteiger partial charge in [0.05, 0.1) is 0 Å². The fourth-order valence-corrected chi connectivity index (χ4v) is 1.74. The summed E-state index contributed by atoms with van der Waals surface area (Å²) in [4.78, 5) is 0. The average molecular weight is 583 g/mol. The van der Waals surface area contributed by atoms with Gasteiger partial charge in [0, 0.05) is 0 Å². The molecule has 0 aliphatic carbocycles. The standard InChI is InChI=1S/C9HClF18O4S/c10-7(23,24)5(19,20)3(15,16)1(11,12)2(13,14)4(17,18)6(21,22)8(25,26)32-9(27,28)33(29,30)31/h(H,29,30,31). The highest BCUT2D eigenvalue weighted by Crippen LogP contribution is 2.64. The van der Waals surface area contributed by atoms with Gasteiger partial charge in [-0.1, -0.05) is 0 Å². The fourth-order valence-electron chi connectivity index (χ4n) is 1.42. The molecule has 33 heavy (non-hydrogen) atoms. The molecule has 0 saturated carbocycles. The minimum Gasteiger partial charge on any atom is -0.279 e. The van der Waals surface area contributed by atoms with Crippen LogP contribution in [0.5, 0.6) is 0 Å². The molecule has 0 rings (SSSR count).